The van der Waals surface area contributed by atoms with Crippen molar-refractivity contribution in [3.8, 4) is 0 Å². The molecule has 0 saturated heterocycles. The summed E-state index contributed by atoms with van der Waals surface area (Å²) in [6.45, 7) is 10.7. The maximum Gasteiger partial charge on any atom is 0.0701 e. The van der Waals surface area contributed by atoms with Gasteiger partial charge in [0.25, 0.3) is 0 Å². The Kier molecular flexibility index (Phi) is 6.43. The zero-order valence-electron chi connectivity index (χ0n) is 15.5. The van der Waals surface area contributed by atoms with Gasteiger partial charge in [-0.3, -0.25) is 0 Å². The van der Waals surface area contributed by atoms with E-state index in [-0.39, 0.29) is 6.04 Å². The molecule has 2 aromatic rings. The van der Waals surface area contributed by atoms with Gasteiger partial charge < -0.3 is 5.32 Å². The van der Waals surface area contributed by atoms with Crippen LogP contribution in [-0.4, -0.2) is 0 Å². The van der Waals surface area contributed by atoms with Gasteiger partial charge >= 0.3 is 0 Å². The zero-order chi connectivity index (χ0) is 17.5. The van der Waals surface area contributed by atoms with Gasteiger partial charge in [0.1, 0.15) is 0 Å². The van der Waals surface area contributed by atoms with E-state index in [1.54, 1.807) is 0 Å². The third-order valence-corrected chi connectivity index (χ3v) is 4.27. The van der Waals surface area contributed by atoms with Crippen molar-refractivity contribution in [3.05, 3.63) is 89.1 Å². The van der Waals surface area contributed by atoms with Crippen LogP contribution >= 0.6 is 0 Å². The van der Waals surface area contributed by atoms with Crippen LogP contribution in [0.3, 0.4) is 0 Å². The van der Waals surface area contributed by atoms with Crippen molar-refractivity contribution in [2.24, 2.45) is 0 Å². The second-order valence-corrected chi connectivity index (χ2v) is 6.17. The number of hydrogen-bond donors (Lipinski definition) is 1. The standard InChI is InChI=1S/C21H23N.C2H6/c1-15(2)18-11-7-8-12-20(18)21-14-13-19(16(3)22-21)17-9-5-4-6-10-17;1-2/h4-15,21-22H,1-3H3;1-2H3. The first kappa shape index (κ1) is 18.1. The lowest BCUT2D eigenvalue weighted by Gasteiger charge is -2.26. The molecular formula is C23H29N. The van der Waals surface area contributed by atoms with E-state index in [1.165, 1.54) is 28.0 Å². The number of benzene rings is 2. The predicted molar refractivity (Wildman–Crippen MR) is 106 cm³/mol. The molecule has 0 saturated carbocycles. The maximum absolute atomic E-state index is 3.67. The Morgan fingerprint density at radius 1 is 0.875 bits per heavy atom. The minimum atomic E-state index is 0.256. The summed E-state index contributed by atoms with van der Waals surface area (Å²) in [7, 11) is 0. The molecule has 0 aliphatic carbocycles. The van der Waals surface area contributed by atoms with Crippen LogP contribution in [-0.2, 0) is 0 Å². The van der Waals surface area contributed by atoms with Crippen molar-refractivity contribution in [1.29, 1.82) is 0 Å². The third kappa shape index (κ3) is 3.97. The molecule has 0 amide bonds. The fraction of sp³-hybridized carbons (Fsp3) is 0.304. The third-order valence-electron chi connectivity index (χ3n) is 4.27. The van der Waals surface area contributed by atoms with Gasteiger partial charge in [0.15, 0.2) is 0 Å². The largest absolute Gasteiger partial charge is 0.378 e. The number of allylic oxidation sites excluding steroid dienone is 3. The van der Waals surface area contributed by atoms with Crippen molar-refractivity contribution < 1.29 is 0 Å². The molecule has 1 heterocycles. The van der Waals surface area contributed by atoms with E-state index in [0.717, 1.165) is 0 Å². The van der Waals surface area contributed by atoms with Crippen molar-refractivity contribution in [3.63, 3.8) is 0 Å². The van der Waals surface area contributed by atoms with Gasteiger partial charge in [-0.1, -0.05) is 94.4 Å². The molecule has 1 aliphatic heterocycles. The summed E-state index contributed by atoms with van der Waals surface area (Å²) in [4.78, 5) is 0. The Bertz CT molecular complexity index is 708. The molecule has 0 aromatic heterocycles. The van der Waals surface area contributed by atoms with Crippen LogP contribution < -0.4 is 5.32 Å². The highest BCUT2D eigenvalue weighted by atomic mass is 14.9. The van der Waals surface area contributed by atoms with Crippen molar-refractivity contribution in [1.82, 2.24) is 5.32 Å². The molecule has 24 heavy (non-hydrogen) atoms. The Balaban J connectivity index is 0.00000100. The SMILES string of the molecule is CC.CC1=C(c2ccccc2)C=CC(c2ccccc2C(C)C)N1. The summed E-state index contributed by atoms with van der Waals surface area (Å²) in [5.74, 6) is 0.534. The summed E-state index contributed by atoms with van der Waals surface area (Å²) in [5, 5.41) is 3.67. The van der Waals surface area contributed by atoms with Crippen LogP contribution in [0.5, 0.6) is 0 Å². The lowest BCUT2D eigenvalue weighted by molar-refractivity contribution is 0.689. The first-order valence-electron chi connectivity index (χ1n) is 8.96. The van der Waals surface area contributed by atoms with Gasteiger partial charge in [0.2, 0.25) is 0 Å². The molecule has 3 rings (SSSR count). The quantitative estimate of drug-likeness (QED) is 0.683. The van der Waals surface area contributed by atoms with Gasteiger partial charge in [-0.25, -0.2) is 0 Å². The summed E-state index contributed by atoms with van der Waals surface area (Å²) in [6.07, 6.45) is 4.53. The average Bonchev–Trinajstić information content (AvgIpc) is 2.64. The molecule has 1 atom stereocenters. The predicted octanol–water partition coefficient (Wildman–Crippen LogP) is 6.47. The van der Waals surface area contributed by atoms with E-state index in [1.807, 2.05) is 13.8 Å². The van der Waals surface area contributed by atoms with Gasteiger partial charge in [-0.2, -0.15) is 0 Å². The molecule has 0 spiro atoms. The molecule has 1 unspecified atom stereocenters. The number of nitrogens with one attached hydrogen (secondary N) is 1. The Labute approximate surface area is 147 Å². The molecular weight excluding hydrogens is 290 g/mol. The van der Waals surface area contributed by atoms with Crippen molar-refractivity contribution in [2.45, 2.75) is 46.6 Å². The van der Waals surface area contributed by atoms with Crippen LogP contribution in [0.4, 0.5) is 0 Å². The number of rotatable bonds is 3. The first-order valence-corrected chi connectivity index (χ1v) is 8.96. The van der Waals surface area contributed by atoms with Crippen LogP contribution in [0.15, 0.2) is 72.4 Å². The topological polar surface area (TPSA) is 12.0 Å². The molecule has 2 aromatic carbocycles. The second-order valence-electron chi connectivity index (χ2n) is 6.17. The van der Waals surface area contributed by atoms with Crippen molar-refractivity contribution >= 4 is 5.57 Å². The fourth-order valence-electron chi connectivity index (χ4n) is 3.11. The van der Waals surface area contributed by atoms with E-state index in [0.29, 0.717) is 5.92 Å². The molecule has 1 nitrogen and oxygen atoms in total. The second kappa shape index (κ2) is 8.54. The van der Waals surface area contributed by atoms with E-state index >= 15 is 0 Å². The smallest absolute Gasteiger partial charge is 0.0701 e. The number of hydrogen-bond acceptors (Lipinski definition) is 1. The van der Waals surface area contributed by atoms with E-state index in [2.05, 4.69) is 92.8 Å². The van der Waals surface area contributed by atoms with Gasteiger partial charge in [0, 0.05) is 11.3 Å². The minimum absolute atomic E-state index is 0.256. The average molecular weight is 319 g/mol. The lowest BCUT2D eigenvalue weighted by Crippen LogP contribution is -2.22. The molecule has 1 aliphatic rings. The highest BCUT2D eigenvalue weighted by molar-refractivity contribution is 5.77. The van der Waals surface area contributed by atoms with Crippen LogP contribution in [0.1, 0.15) is 63.3 Å². The van der Waals surface area contributed by atoms with Crippen LogP contribution in [0.2, 0.25) is 0 Å². The molecule has 1 heteroatoms. The first-order chi connectivity index (χ1) is 11.7. The maximum atomic E-state index is 3.67. The number of dihydropyridines is 1. The Hall–Kier alpha value is -2.28. The summed E-state index contributed by atoms with van der Waals surface area (Å²) in [5.41, 5.74) is 6.57. The summed E-state index contributed by atoms with van der Waals surface area (Å²) in [6, 6.07) is 19.5. The van der Waals surface area contributed by atoms with Gasteiger partial charge in [-0.15, -0.1) is 0 Å². The van der Waals surface area contributed by atoms with Crippen LogP contribution in [0.25, 0.3) is 5.57 Å². The highest BCUT2D eigenvalue weighted by Gasteiger charge is 2.18. The van der Waals surface area contributed by atoms with Crippen molar-refractivity contribution in [2.75, 3.05) is 0 Å². The Morgan fingerprint density at radius 3 is 2.12 bits per heavy atom. The molecule has 126 valence electrons. The highest BCUT2D eigenvalue weighted by Crippen LogP contribution is 2.31. The fourth-order valence-corrected chi connectivity index (χ4v) is 3.11. The molecule has 1 N–H and O–H groups in total. The molecule has 0 fully saturated rings. The lowest BCUT2D eigenvalue weighted by atomic mass is 9.90. The molecule has 0 radical (unpaired) electrons. The van der Waals surface area contributed by atoms with Crippen LogP contribution in [0, 0.1) is 0 Å². The zero-order valence-corrected chi connectivity index (χ0v) is 15.5. The summed E-state index contributed by atoms with van der Waals surface area (Å²) >= 11 is 0. The van der Waals surface area contributed by atoms with Gasteiger partial charge in [0.05, 0.1) is 6.04 Å². The molecule has 0 bridgehead atoms. The Morgan fingerprint density at radius 2 is 1.50 bits per heavy atom. The van der Waals surface area contributed by atoms with E-state index in [9.17, 15) is 0 Å². The van der Waals surface area contributed by atoms with Gasteiger partial charge in [-0.05, 0) is 29.5 Å². The minimum Gasteiger partial charge on any atom is -0.378 e. The van der Waals surface area contributed by atoms with E-state index in [4.69, 9.17) is 0 Å². The summed E-state index contributed by atoms with van der Waals surface area (Å²) < 4.78 is 0. The monoisotopic (exact) mass is 319 g/mol. The van der Waals surface area contributed by atoms with E-state index < -0.39 is 0 Å². The normalized spacial score (nSPS) is 16.5.